The van der Waals surface area contributed by atoms with Gasteiger partial charge in [0.2, 0.25) is 11.8 Å². The monoisotopic (exact) mass is 600 g/mol. The quantitative estimate of drug-likeness (QED) is 0.328. The molecule has 2 aromatic heterocycles. The molecule has 0 radical (unpaired) electrons. The Labute approximate surface area is 254 Å². The summed E-state index contributed by atoms with van der Waals surface area (Å²) in [6.07, 6.45) is 4.96. The Hall–Kier alpha value is -4.74. The van der Waals surface area contributed by atoms with Crippen LogP contribution < -0.4 is 4.90 Å². The number of benzene rings is 2. The molecule has 0 N–H and O–H groups in total. The summed E-state index contributed by atoms with van der Waals surface area (Å²) in [5.41, 5.74) is 2.10. The van der Waals surface area contributed by atoms with Crippen molar-refractivity contribution in [1.29, 1.82) is 0 Å². The van der Waals surface area contributed by atoms with Crippen molar-refractivity contribution in [2.75, 3.05) is 44.7 Å². The minimum absolute atomic E-state index is 0.0529. The van der Waals surface area contributed by atoms with Crippen LogP contribution in [0.15, 0.2) is 60.9 Å². The van der Waals surface area contributed by atoms with E-state index in [9.17, 15) is 18.4 Å². The van der Waals surface area contributed by atoms with Gasteiger partial charge in [0.25, 0.3) is 0 Å². The standard InChI is InChI=1S/C32H34F2N8O2/c1-39-13-3-2-4-24(18-29(39)43)27-19-28(36-21-35-27)40-14-16-41(17-15-40)30(44)20-42-32(23-7-11-26(34)12-8-23)37-31(38-42)22-5-9-25(33)10-6-22/h5-12,19,21,24H,2-4,13-18,20H2,1H3. The third-order valence-electron chi connectivity index (χ3n) is 8.35. The zero-order chi connectivity index (χ0) is 30.6. The molecule has 4 aromatic rings. The molecule has 10 nitrogen and oxygen atoms in total. The number of halogens is 2. The molecular weight excluding hydrogens is 566 g/mol. The van der Waals surface area contributed by atoms with Crippen molar-refractivity contribution in [2.45, 2.75) is 38.1 Å². The molecule has 2 aromatic carbocycles. The molecule has 228 valence electrons. The van der Waals surface area contributed by atoms with Crippen LogP contribution in [0.25, 0.3) is 22.8 Å². The van der Waals surface area contributed by atoms with Crippen molar-refractivity contribution < 1.29 is 18.4 Å². The van der Waals surface area contributed by atoms with Gasteiger partial charge in [0.1, 0.15) is 30.3 Å². The Bertz CT molecular complexity index is 1620. The average Bonchev–Trinajstić information content (AvgIpc) is 3.45. The van der Waals surface area contributed by atoms with E-state index < -0.39 is 0 Å². The number of amides is 2. The van der Waals surface area contributed by atoms with Crippen LogP contribution in [-0.2, 0) is 16.1 Å². The number of rotatable bonds is 6. The summed E-state index contributed by atoms with van der Waals surface area (Å²) in [5, 5.41) is 4.57. The third kappa shape index (κ3) is 6.58. The van der Waals surface area contributed by atoms with Crippen LogP contribution in [0.4, 0.5) is 14.6 Å². The number of carbonyl (C=O) groups is 2. The zero-order valence-electron chi connectivity index (χ0n) is 24.6. The second-order valence-electron chi connectivity index (χ2n) is 11.3. The van der Waals surface area contributed by atoms with E-state index in [2.05, 4.69) is 25.0 Å². The van der Waals surface area contributed by atoms with E-state index in [0.717, 1.165) is 37.3 Å². The summed E-state index contributed by atoms with van der Waals surface area (Å²) in [7, 11) is 1.85. The van der Waals surface area contributed by atoms with Gasteiger partial charge in [0.15, 0.2) is 11.6 Å². The van der Waals surface area contributed by atoms with E-state index in [-0.39, 0.29) is 35.9 Å². The van der Waals surface area contributed by atoms with Gasteiger partial charge in [0.05, 0.1) is 0 Å². The maximum Gasteiger partial charge on any atom is 0.244 e. The highest BCUT2D eigenvalue weighted by atomic mass is 19.1. The summed E-state index contributed by atoms with van der Waals surface area (Å²) in [4.78, 5) is 45.4. The van der Waals surface area contributed by atoms with Crippen molar-refractivity contribution in [3.63, 3.8) is 0 Å². The molecular formula is C32H34F2N8O2. The summed E-state index contributed by atoms with van der Waals surface area (Å²) in [5.74, 6) is 0.890. The molecule has 2 saturated heterocycles. The van der Waals surface area contributed by atoms with Crippen LogP contribution in [-0.4, -0.2) is 86.1 Å². The maximum atomic E-state index is 13.6. The molecule has 6 rings (SSSR count). The van der Waals surface area contributed by atoms with Gasteiger partial charge in [-0.1, -0.05) is 6.42 Å². The number of likely N-dealkylation sites (tertiary alicyclic amines) is 1. The fraction of sp³-hybridized carbons (Fsp3) is 0.375. The Morgan fingerprint density at radius 3 is 2.27 bits per heavy atom. The Kier molecular flexibility index (Phi) is 8.58. The van der Waals surface area contributed by atoms with Crippen LogP contribution >= 0.6 is 0 Å². The van der Waals surface area contributed by atoms with Gasteiger partial charge in [-0.3, -0.25) is 9.59 Å². The predicted molar refractivity (Wildman–Crippen MR) is 160 cm³/mol. The van der Waals surface area contributed by atoms with Gasteiger partial charge in [-0.2, -0.15) is 0 Å². The highest BCUT2D eigenvalue weighted by Crippen LogP contribution is 2.29. The third-order valence-corrected chi connectivity index (χ3v) is 8.35. The minimum atomic E-state index is -0.380. The van der Waals surface area contributed by atoms with E-state index in [4.69, 9.17) is 0 Å². The van der Waals surface area contributed by atoms with E-state index >= 15 is 0 Å². The topological polar surface area (TPSA) is 100 Å². The minimum Gasteiger partial charge on any atom is -0.353 e. The first-order valence-corrected chi connectivity index (χ1v) is 14.9. The van der Waals surface area contributed by atoms with Gasteiger partial charge in [-0.05, 0) is 61.4 Å². The zero-order valence-corrected chi connectivity index (χ0v) is 24.6. The second-order valence-corrected chi connectivity index (χ2v) is 11.3. The van der Waals surface area contributed by atoms with Crippen molar-refractivity contribution in [2.24, 2.45) is 0 Å². The number of hydrogen-bond donors (Lipinski definition) is 0. The van der Waals surface area contributed by atoms with Crippen LogP contribution in [0.3, 0.4) is 0 Å². The lowest BCUT2D eigenvalue weighted by Crippen LogP contribution is -2.50. The van der Waals surface area contributed by atoms with E-state index in [0.29, 0.717) is 55.4 Å². The largest absolute Gasteiger partial charge is 0.353 e. The van der Waals surface area contributed by atoms with Crippen molar-refractivity contribution in [1.82, 2.24) is 34.5 Å². The summed E-state index contributed by atoms with van der Waals surface area (Å²) in [6, 6.07) is 13.6. The first-order valence-electron chi connectivity index (χ1n) is 14.9. The summed E-state index contributed by atoms with van der Waals surface area (Å²) >= 11 is 0. The number of carbonyl (C=O) groups excluding carboxylic acids is 2. The molecule has 0 spiro atoms. The summed E-state index contributed by atoms with van der Waals surface area (Å²) < 4.78 is 28.7. The molecule has 0 bridgehead atoms. The van der Waals surface area contributed by atoms with E-state index in [1.807, 2.05) is 13.1 Å². The second kappa shape index (κ2) is 12.9. The van der Waals surface area contributed by atoms with Gasteiger partial charge < -0.3 is 14.7 Å². The van der Waals surface area contributed by atoms with Gasteiger partial charge >= 0.3 is 0 Å². The number of hydrogen-bond acceptors (Lipinski definition) is 7. The molecule has 2 aliphatic rings. The van der Waals surface area contributed by atoms with E-state index in [1.54, 1.807) is 40.4 Å². The highest BCUT2D eigenvalue weighted by Gasteiger charge is 2.26. The van der Waals surface area contributed by atoms with Crippen molar-refractivity contribution >= 4 is 17.6 Å². The number of aromatic nitrogens is 5. The number of anilines is 1. The lowest BCUT2D eigenvalue weighted by atomic mass is 9.92. The molecule has 2 aliphatic heterocycles. The molecule has 12 heteroatoms. The summed E-state index contributed by atoms with van der Waals surface area (Å²) in [6.45, 7) is 2.92. The lowest BCUT2D eigenvalue weighted by molar-refractivity contribution is -0.132. The molecule has 0 saturated carbocycles. The first kappa shape index (κ1) is 29.3. The van der Waals surface area contributed by atoms with E-state index in [1.165, 1.54) is 28.9 Å². The van der Waals surface area contributed by atoms with Crippen molar-refractivity contribution in [3.8, 4) is 22.8 Å². The molecule has 1 unspecified atom stereocenters. The first-order chi connectivity index (χ1) is 21.3. The van der Waals surface area contributed by atoms with Gasteiger partial charge in [-0.25, -0.2) is 28.4 Å². The van der Waals surface area contributed by atoms with Crippen LogP contribution in [0.5, 0.6) is 0 Å². The number of nitrogens with zero attached hydrogens (tertiary/aromatic N) is 8. The highest BCUT2D eigenvalue weighted by molar-refractivity contribution is 5.78. The molecule has 1 atom stereocenters. The Balaban J connectivity index is 1.14. The molecule has 44 heavy (non-hydrogen) atoms. The smallest absolute Gasteiger partial charge is 0.244 e. The normalized spacial score (nSPS) is 17.8. The Morgan fingerprint density at radius 1 is 0.886 bits per heavy atom. The van der Waals surface area contributed by atoms with Gasteiger partial charge in [-0.15, -0.1) is 5.10 Å². The maximum absolute atomic E-state index is 13.6. The molecule has 4 heterocycles. The average molecular weight is 601 g/mol. The lowest BCUT2D eigenvalue weighted by Gasteiger charge is -2.35. The van der Waals surface area contributed by atoms with Crippen LogP contribution in [0, 0.1) is 11.6 Å². The van der Waals surface area contributed by atoms with Crippen LogP contribution in [0.1, 0.15) is 37.3 Å². The fourth-order valence-electron chi connectivity index (χ4n) is 5.74. The van der Waals surface area contributed by atoms with Crippen LogP contribution in [0.2, 0.25) is 0 Å². The predicted octanol–water partition coefficient (Wildman–Crippen LogP) is 4.15. The molecule has 2 amide bonds. The Morgan fingerprint density at radius 2 is 1.57 bits per heavy atom. The molecule has 2 fully saturated rings. The van der Waals surface area contributed by atoms with Crippen molar-refractivity contribution in [3.05, 3.63) is 78.3 Å². The molecule has 0 aliphatic carbocycles. The SMILES string of the molecule is CN1CCCCC(c2cc(N3CCN(C(=O)Cn4nc(-c5ccc(F)cc5)nc4-c4ccc(F)cc4)CC3)ncn2)CC1=O. The fourth-order valence-corrected chi connectivity index (χ4v) is 5.74. The van der Waals surface area contributed by atoms with Gasteiger partial charge in [0, 0.05) is 75.0 Å². The number of piperazine rings is 1.